The number of amides is 1. The molecule has 148 valence electrons. The van der Waals surface area contributed by atoms with Crippen LogP contribution in [0.3, 0.4) is 0 Å². The summed E-state index contributed by atoms with van der Waals surface area (Å²) < 4.78 is 25.8. The number of thiophene rings is 1. The molecule has 0 spiro atoms. The molecule has 1 N–H and O–H groups in total. The quantitative estimate of drug-likeness (QED) is 0.732. The highest BCUT2D eigenvalue weighted by Crippen LogP contribution is 2.27. The first-order valence-electron chi connectivity index (χ1n) is 8.30. The molecule has 0 bridgehead atoms. The molecule has 1 aromatic carbocycles. The minimum absolute atomic E-state index is 0.0396. The van der Waals surface area contributed by atoms with Gasteiger partial charge in [0.2, 0.25) is 15.9 Å². The molecule has 0 aliphatic heterocycles. The van der Waals surface area contributed by atoms with Crippen LogP contribution in [0.1, 0.15) is 17.4 Å². The standard InChI is InChI=1S/C18H24ClN3O3S2/c1-12-8-9-26-16(12)11-22(5)13(2)18(23)20-14-6-7-15(19)17(10-14)27(24,25)21(3)4/h6-10,13H,11H2,1-5H3,(H,20,23)/t13-/m1/s1. The molecule has 2 rings (SSSR count). The number of benzene rings is 1. The molecule has 27 heavy (non-hydrogen) atoms. The van der Waals surface area contributed by atoms with Gasteiger partial charge in [0.25, 0.3) is 0 Å². The minimum atomic E-state index is -3.70. The zero-order valence-electron chi connectivity index (χ0n) is 16.0. The van der Waals surface area contributed by atoms with E-state index in [1.165, 1.54) is 36.7 Å². The molecule has 1 heterocycles. The van der Waals surface area contributed by atoms with Crippen molar-refractivity contribution in [3.63, 3.8) is 0 Å². The Morgan fingerprint density at radius 1 is 1.26 bits per heavy atom. The Balaban J connectivity index is 2.14. The topological polar surface area (TPSA) is 69.7 Å². The van der Waals surface area contributed by atoms with E-state index < -0.39 is 16.1 Å². The highest BCUT2D eigenvalue weighted by molar-refractivity contribution is 7.89. The van der Waals surface area contributed by atoms with Gasteiger partial charge >= 0.3 is 0 Å². The predicted octanol–water partition coefficient (Wildman–Crippen LogP) is 3.42. The number of halogens is 1. The zero-order valence-corrected chi connectivity index (χ0v) is 18.4. The van der Waals surface area contributed by atoms with Crippen molar-refractivity contribution in [2.24, 2.45) is 0 Å². The summed E-state index contributed by atoms with van der Waals surface area (Å²) in [7, 11) is 1.04. The van der Waals surface area contributed by atoms with Crippen molar-refractivity contribution in [2.75, 3.05) is 26.5 Å². The molecule has 2 aromatic rings. The maximum Gasteiger partial charge on any atom is 0.244 e. The maximum atomic E-state index is 12.6. The van der Waals surface area contributed by atoms with E-state index >= 15 is 0 Å². The number of rotatable bonds is 7. The molecule has 0 saturated carbocycles. The van der Waals surface area contributed by atoms with Gasteiger partial charge in [-0.1, -0.05) is 11.6 Å². The number of nitrogens with zero attached hydrogens (tertiary/aromatic N) is 2. The van der Waals surface area contributed by atoms with Crippen LogP contribution >= 0.6 is 22.9 Å². The first-order chi connectivity index (χ1) is 12.5. The zero-order chi connectivity index (χ0) is 20.4. The summed E-state index contributed by atoms with van der Waals surface area (Å²) >= 11 is 7.70. The van der Waals surface area contributed by atoms with E-state index in [4.69, 9.17) is 11.6 Å². The van der Waals surface area contributed by atoms with Crippen molar-refractivity contribution in [3.8, 4) is 0 Å². The van der Waals surface area contributed by atoms with Gasteiger partial charge in [-0.3, -0.25) is 9.69 Å². The van der Waals surface area contributed by atoms with Crippen LogP contribution < -0.4 is 5.32 Å². The number of carbonyl (C=O) groups excluding carboxylic acids is 1. The average Bonchev–Trinajstić information content (AvgIpc) is 3.00. The molecule has 0 saturated heterocycles. The summed E-state index contributed by atoms with van der Waals surface area (Å²) in [5.74, 6) is -0.220. The molecule has 1 atom stereocenters. The van der Waals surface area contributed by atoms with Gasteiger partial charge in [-0.15, -0.1) is 11.3 Å². The summed E-state index contributed by atoms with van der Waals surface area (Å²) in [5, 5.41) is 4.92. The molecule has 0 unspecified atom stereocenters. The number of sulfonamides is 1. The van der Waals surface area contributed by atoms with Crippen molar-refractivity contribution in [2.45, 2.75) is 31.3 Å². The SMILES string of the molecule is Cc1ccsc1CN(C)[C@H](C)C(=O)Nc1ccc(Cl)c(S(=O)(=O)N(C)C)c1. The Bertz CT molecular complexity index is 926. The van der Waals surface area contributed by atoms with Gasteiger partial charge in [0.1, 0.15) is 4.90 Å². The van der Waals surface area contributed by atoms with Crippen LogP contribution in [0.5, 0.6) is 0 Å². The lowest BCUT2D eigenvalue weighted by Crippen LogP contribution is -2.39. The summed E-state index contributed by atoms with van der Waals surface area (Å²) in [6, 6.07) is 6.10. The van der Waals surface area contributed by atoms with Gasteiger partial charge in [-0.05, 0) is 56.1 Å². The summed E-state index contributed by atoms with van der Waals surface area (Å²) in [4.78, 5) is 15.7. The van der Waals surface area contributed by atoms with Crippen molar-refractivity contribution >= 4 is 44.6 Å². The van der Waals surface area contributed by atoms with E-state index in [0.29, 0.717) is 12.2 Å². The molecule has 1 aromatic heterocycles. The van der Waals surface area contributed by atoms with Gasteiger partial charge in [0.05, 0.1) is 11.1 Å². The molecule has 9 heteroatoms. The van der Waals surface area contributed by atoms with E-state index in [1.54, 1.807) is 17.4 Å². The third-order valence-electron chi connectivity index (χ3n) is 4.36. The van der Waals surface area contributed by atoms with Crippen LogP contribution in [0.4, 0.5) is 5.69 Å². The molecular weight excluding hydrogens is 406 g/mol. The fourth-order valence-corrected chi connectivity index (χ4v) is 4.71. The normalized spacial score (nSPS) is 13.2. The Labute approximate surface area is 169 Å². The molecule has 0 fully saturated rings. The van der Waals surface area contributed by atoms with Crippen molar-refractivity contribution in [1.82, 2.24) is 9.21 Å². The van der Waals surface area contributed by atoms with Crippen LogP contribution in [0.2, 0.25) is 5.02 Å². The number of hydrogen-bond donors (Lipinski definition) is 1. The molecule has 0 aliphatic carbocycles. The van der Waals surface area contributed by atoms with Crippen LogP contribution in [-0.2, 0) is 21.4 Å². The van der Waals surface area contributed by atoms with Crippen LogP contribution in [0, 0.1) is 6.92 Å². The van der Waals surface area contributed by atoms with Crippen molar-refractivity contribution in [3.05, 3.63) is 45.1 Å². The number of nitrogens with one attached hydrogen (secondary N) is 1. The fourth-order valence-electron chi connectivity index (χ4n) is 2.35. The summed E-state index contributed by atoms with van der Waals surface area (Å²) in [6.07, 6.45) is 0. The van der Waals surface area contributed by atoms with Crippen LogP contribution in [-0.4, -0.2) is 50.7 Å². The summed E-state index contributed by atoms with van der Waals surface area (Å²) in [6.45, 7) is 4.52. The lowest BCUT2D eigenvalue weighted by Gasteiger charge is -2.24. The molecule has 1 amide bonds. The smallest absolute Gasteiger partial charge is 0.244 e. The number of likely N-dealkylation sites (N-methyl/N-ethyl adjacent to an activating group) is 1. The lowest BCUT2D eigenvalue weighted by atomic mass is 10.2. The maximum absolute atomic E-state index is 12.6. The van der Waals surface area contributed by atoms with E-state index in [2.05, 4.69) is 11.4 Å². The minimum Gasteiger partial charge on any atom is -0.325 e. The fraction of sp³-hybridized carbons (Fsp3) is 0.389. The number of carbonyl (C=O) groups is 1. The predicted molar refractivity (Wildman–Crippen MR) is 111 cm³/mol. The highest BCUT2D eigenvalue weighted by Gasteiger charge is 2.23. The van der Waals surface area contributed by atoms with Gasteiger partial charge in [0.15, 0.2) is 0 Å². The average molecular weight is 430 g/mol. The van der Waals surface area contributed by atoms with Gasteiger partial charge in [-0.2, -0.15) is 0 Å². The van der Waals surface area contributed by atoms with E-state index in [0.717, 1.165) is 4.31 Å². The highest BCUT2D eigenvalue weighted by atomic mass is 35.5. The monoisotopic (exact) mass is 429 g/mol. The number of hydrogen-bond acceptors (Lipinski definition) is 5. The third-order valence-corrected chi connectivity index (χ3v) is 7.66. The second-order valence-corrected chi connectivity index (χ2v) is 10.1. The first-order valence-corrected chi connectivity index (χ1v) is 11.0. The largest absolute Gasteiger partial charge is 0.325 e. The summed E-state index contributed by atoms with van der Waals surface area (Å²) in [5.41, 5.74) is 1.59. The molecule has 0 aliphatic rings. The van der Waals surface area contributed by atoms with E-state index in [1.807, 2.05) is 31.2 Å². The Hall–Kier alpha value is -1.45. The van der Waals surface area contributed by atoms with Gasteiger partial charge < -0.3 is 5.32 Å². The first kappa shape index (κ1) is 21.8. The molecular formula is C18H24ClN3O3S2. The Kier molecular flexibility index (Phi) is 7.04. The second kappa shape index (κ2) is 8.70. The van der Waals surface area contributed by atoms with Crippen molar-refractivity contribution < 1.29 is 13.2 Å². The van der Waals surface area contributed by atoms with E-state index in [9.17, 15) is 13.2 Å². The Morgan fingerprint density at radius 2 is 1.93 bits per heavy atom. The number of anilines is 1. The third kappa shape index (κ3) is 5.08. The second-order valence-electron chi connectivity index (χ2n) is 6.54. The van der Waals surface area contributed by atoms with Gasteiger partial charge in [-0.25, -0.2) is 12.7 Å². The van der Waals surface area contributed by atoms with Crippen LogP contribution in [0.15, 0.2) is 34.5 Å². The molecule has 6 nitrogen and oxygen atoms in total. The Morgan fingerprint density at radius 3 is 2.48 bits per heavy atom. The van der Waals surface area contributed by atoms with Crippen LogP contribution in [0.25, 0.3) is 0 Å². The number of aryl methyl sites for hydroxylation is 1. The molecule has 0 radical (unpaired) electrons. The van der Waals surface area contributed by atoms with Crippen molar-refractivity contribution in [1.29, 1.82) is 0 Å². The van der Waals surface area contributed by atoms with Gasteiger partial charge in [0, 0.05) is 31.2 Å². The lowest BCUT2D eigenvalue weighted by molar-refractivity contribution is -0.120. The van der Waals surface area contributed by atoms with E-state index in [-0.39, 0.29) is 15.8 Å².